The average Bonchev–Trinajstić information content (AvgIpc) is 2.91. The van der Waals surface area contributed by atoms with Gasteiger partial charge in [-0.3, -0.25) is 0 Å². The lowest BCUT2D eigenvalue weighted by atomic mass is 10.1. The molecule has 0 aliphatic heterocycles. The van der Waals surface area contributed by atoms with Crippen LogP contribution in [0.15, 0.2) is 34.9 Å². The molecule has 1 aromatic carbocycles. The van der Waals surface area contributed by atoms with Crippen LogP contribution in [0.1, 0.15) is 31.3 Å². The second-order valence-corrected chi connectivity index (χ2v) is 4.40. The van der Waals surface area contributed by atoms with Gasteiger partial charge in [0.25, 0.3) is 5.95 Å². The Kier molecular flexibility index (Phi) is 4.52. The number of anilines is 1. The monoisotopic (exact) mass is 260 g/mol. The molecule has 1 heterocycles. The van der Waals surface area contributed by atoms with Crippen molar-refractivity contribution in [2.75, 3.05) is 18.0 Å². The predicted molar refractivity (Wildman–Crippen MR) is 74.9 cm³/mol. The number of hydrogen-bond donors (Lipinski definition) is 1. The van der Waals surface area contributed by atoms with E-state index in [-0.39, 0.29) is 6.04 Å². The quantitative estimate of drug-likeness (QED) is 0.862. The van der Waals surface area contributed by atoms with Crippen molar-refractivity contribution in [1.82, 2.24) is 10.1 Å². The smallest absolute Gasteiger partial charge is 0.266 e. The number of aromatic nitrogens is 2. The summed E-state index contributed by atoms with van der Waals surface area (Å²) in [4.78, 5) is 6.40. The maximum absolute atomic E-state index is 6.11. The zero-order chi connectivity index (χ0) is 13.7. The van der Waals surface area contributed by atoms with Crippen LogP contribution in [-0.4, -0.2) is 23.2 Å². The van der Waals surface area contributed by atoms with E-state index in [9.17, 15) is 0 Å². The second-order valence-electron chi connectivity index (χ2n) is 4.40. The summed E-state index contributed by atoms with van der Waals surface area (Å²) in [7, 11) is 0. The van der Waals surface area contributed by atoms with Crippen molar-refractivity contribution < 1.29 is 4.52 Å². The Morgan fingerprint density at radius 2 is 1.89 bits per heavy atom. The van der Waals surface area contributed by atoms with Gasteiger partial charge in [-0.1, -0.05) is 30.3 Å². The molecule has 102 valence electrons. The van der Waals surface area contributed by atoms with Gasteiger partial charge >= 0.3 is 0 Å². The third-order valence-electron chi connectivity index (χ3n) is 3.09. The molecular formula is C14H20N4O. The molecule has 0 saturated carbocycles. The molecule has 0 aliphatic carbocycles. The van der Waals surface area contributed by atoms with Crippen LogP contribution in [0.4, 0.5) is 5.95 Å². The average molecular weight is 260 g/mol. The molecule has 0 unspecified atom stereocenters. The van der Waals surface area contributed by atoms with E-state index in [1.54, 1.807) is 0 Å². The third kappa shape index (κ3) is 3.32. The lowest BCUT2D eigenvalue weighted by molar-refractivity contribution is 0.353. The minimum Gasteiger partial charge on any atom is -0.339 e. The zero-order valence-electron chi connectivity index (χ0n) is 11.4. The van der Waals surface area contributed by atoms with Crippen molar-refractivity contribution in [3.05, 3.63) is 41.8 Å². The van der Waals surface area contributed by atoms with E-state index in [0.717, 1.165) is 18.7 Å². The number of hydrogen-bond acceptors (Lipinski definition) is 5. The summed E-state index contributed by atoms with van der Waals surface area (Å²) in [5.74, 6) is 1.11. The first-order valence-electron chi connectivity index (χ1n) is 6.62. The Hall–Kier alpha value is -1.88. The van der Waals surface area contributed by atoms with Crippen LogP contribution in [0, 0.1) is 0 Å². The summed E-state index contributed by atoms with van der Waals surface area (Å²) < 4.78 is 5.26. The van der Waals surface area contributed by atoms with Crippen LogP contribution < -0.4 is 10.6 Å². The largest absolute Gasteiger partial charge is 0.339 e. The van der Waals surface area contributed by atoms with Crippen molar-refractivity contribution in [3.63, 3.8) is 0 Å². The summed E-state index contributed by atoms with van der Waals surface area (Å²) in [6.45, 7) is 5.82. The molecule has 2 rings (SSSR count). The van der Waals surface area contributed by atoms with Crippen LogP contribution in [0.5, 0.6) is 0 Å². The zero-order valence-corrected chi connectivity index (χ0v) is 11.4. The van der Waals surface area contributed by atoms with Gasteiger partial charge in [0.05, 0.1) is 6.04 Å². The van der Waals surface area contributed by atoms with Crippen LogP contribution in [-0.2, 0) is 6.42 Å². The highest BCUT2D eigenvalue weighted by Crippen LogP contribution is 2.17. The molecule has 5 nitrogen and oxygen atoms in total. The number of nitrogens with two attached hydrogens (primary N) is 1. The van der Waals surface area contributed by atoms with Crippen molar-refractivity contribution >= 4 is 5.95 Å². The topological polar surface area (TPSA) is 68.2 Å². The van der Waals surface area contributed by atoms with Gasteiger partial charge in [-0.05, 0) is 31.0 Å². The number of nitrogens with zero attached hydrogens (tertiary/aromatic N) is 3. The fourth-order valence-electron chi connectivity index (χ4n) is 1.97. The fraction of sp³-hybridized carbons (Fsp3) is 0.429. The molecule has 1 aromatic heterocycles. The summed E-state index contributed by atoms with van der Waals surface area (Å²) in [5.41, 5.74) is 7.27. The molecule has 2 N–H and O–H groups in total. The summed E-state index contributed by atoms with van der Waals surface area (Å²) in [5, 5.41) is 3.98. The van der Waals surface area contributed by atoms with Crippen molar-refractivity contribution in [1.29, 1.82) is 0 Å². The first-order chi connectivity index (χ1) is 9.24. The Morgan fingerprint density at radius 3 is 2.53 bits per heavy atom. The van der Waals surface area contributed by atoms with Gasteiger partial charge in [-0.2, -0.15) is 4.98 Å². The molecular weight excluding hydrogens is 240 g/mol. The molecule has 1 atom stereocenters. The lowest BCUT2D eigenvalue weighted by Gasteiger charge is -2.14. The first kappa shape index (κ1) is 13.5. The van der Waals surface area contributed by atoms with Crippen molar-refractivity contribution in [2.45, 2.75) is 26.3 Å². The van der Waals surface area contributed by atoms with Crippen molar-refractivity contribution in [3.8, 4) is 0 Å². The molecule has 0 bridgehead atoms. The molecule has 5 heteroatoms. The maximum atomic E-state index is 6.11. The Balaban J connectivity index is 2.06. The minimum absolute atomic E-state index is 0.265. The van der Waals surface area contributed by atoms with Gasteiger partial charge in [0.15, 0.2) is 0 Å². The third-order valence-corrected chi connectivity index (χ3v) is 3.09. The summed E-state index contributed by atoms with van der Waals surface area (Å²) in [6.07, 6.45) is 0.695. The molecule has 2 aromatic rings. The Morgan fingerprint density at radius 1 is 1.21 bits per heavy atom. The SMILES string of the molecule is CCN(CC)c1noc([C@H](N)Cc2ccccc2)n1. The number of benzene rings is 1. The van der Waals surface area contributed by atoms with Crippen LogP contribution >= 0.6 is 0 Å². The maximum Gasteiger partial charge on any atom is 0.266 e. The van der Waals surface area contributed by atoms with Gasteiger partial charge in [-0.25, -0.2) is 0 Å². The molecule has 0 fully saturated rings. The van der Waals surface area contributed by atoms with Gasteiger partial charge in [0.1, 0.15) is 0 Å². The molecule has 0 aliphatic rings. The van der Waals surface area contributed by atoms with Crippen LogP contribution in [0.2, 0.25) is 0 Å². The second kappa shape index (κ2) is 6.33. The highest BCUT2D eigenvalue weighted by atomic mass is 16.5. The highest BCUT2D eigenvalue weighted by molar-refractivity contribution is 5.27. The van der Waals surface area contributed by atoms with Crippen molar-refractivity contribution in [2.24, 2.45) is 5.73 Å². The predicted octanol–water partition coefficient (Wildman–Crippen LogP) is 2.16. The van der Waals surface area contributed by atoms with Gasteiger partial charge < -0.3 is 15.2 Å². The highest BCUT2D eigenvalue weighted by Gasteiger charge is 2.17. The molecule has 0 radical (unpaired) electrons. The molecule has 0 saturated heterocycles. The van der Waals surface area contributed by atoms with Gasteiger partial charge in [-0.15, -0.1) is 0 Å². The van der Waals surface area contributed by atoms with Gasteiger partial charge in [0, 0.05) is 13.1 Å². The van der Waals surface area contributed by atoms with E-state index in [0.29, 0.717) is 18.3 Å². The molecule has 19 heavy (non-hydrogen) atoms. The van der Waals surface area contributed by atoms with E-state index in [1.165, 1.54) is 0 Å². The minimum atomic E-state index is -0.265. The van der Waals surface area contributed by atoms with E-state index in [1.807, 2.05) is 35.2 Å². The molecule has 0 spiro atoms. The summed E-state index contributed by atoms with van der Waals surface area (Å²) >= 11 is 0. The molecule has 0 amide bonds. The van der Waals surface area contributed by atoms with E-state index < -0.39 is 0 Å². The standard InChI is InChI=1S/C14H20N4O/c1-3-18(4-2)14-16-13(19-17-14)12(15)10-11-8-6-5-7-9-11/h5-9,12H,3-4,10,15H2,1-2H3/t12-/m1/s1. The normalized spacial score (nSPS) is 12.4. The van der Waals surface area contributed by atoms with E-state index in [4.69, 9.17) is 10.3 Å². The lowest BCUT2D eigenvalue weighted by Crippen LogP contribution is -2.23. The van der Waals surface area contributed by atoms with E-state index in [2.05, 4.69) is 24.0 Å². The van der Waals surface area contributed by atoms with E-state index >= 15 is 0 Å². The number of rotatable bonds is 6. The fourth-order valence-corrected chi connectivity index (χ4v) is 1.97. The Labute approximate surface area is 113 Å². The first-order valence-corrected chi connectivity index (χ1v) is 6.62. The van der Waals surface area contributed by atoms with Crippen LogP contribution in [0.3, 0.4) is 0 Å². The van der Waals surface area contributed by atoms with Gasteiger partial charge in [0.2, 0.25) is 5.89 Å². The summed E-state index contributed by atoms with van der Waals surface area (Å²) in [6, 6.07) is 9.80. The van der Waals surface area contributed by atoms with Crippen LogP contribution in [0.25, 0.3) is 0 Å². The Bertz CT molecular complexity index is 493.